The Hall–Kier alpha value is -2.62. The number of aromatic nitrogens is 2. The van der Waals surface area contributed by atoms with Crippen LogP contribution in [0.1, 0.15) is 73.2 Å². The van der Waals surface area contributed by atoms with Gasteiger partial charge in [0.15, 0.2) is 0 Å². The van der Waals surface area contributed by atoms with Gasteiger partial charge in [-0.1, -0.05) is 31.2 Å². The molecule has 2 saturated carbocycles. The molecule has 0 bridgehead atoms. The van der Waals surface area contributed by atoms with Gasteiger partial charge >= 0.3 is 0 Å². The average Bonchev–Trinajstić information content (AvgIpc) is 3.73. The van der Waals surface area contributed by atoms with Crippen LogP contribution in [0.2, 0.25) is 0 Å². The number of rotatable bonds is 9. The molecule has 31 heavy (non-hydrogen) atoms. The molecule has 1 unspecified atom stereocenters. The van der Waals surface area contributed by atoms with E-state index in [4.69, 9.17) is 4.74 Å². The summed E-state index contributed by atoms with van der Waals surface area (Å²) >= 11 is 0. The van der Waals surface area contributed by atoms with Crippen molar-refractivity contribution in [2.45, 2.75) is 63.7 Å². The predicted octanol–water partition coefficient (Wildman–Crippen LogP) is 6.59. The maximum Gasteiger partial charge on any atom is 0.149 e. The molecule has 2 aliphatic rings. The minimum absolute atomic E-state index is 0.268. The molecule has 0 radical (unpaired) electrons. The Kier molecular flexibility index (Phi) is 5.56. The first-order valence-electron chi connectivity index (χ1n) is 11.7. The highest BCUT2D eigenvalue weighted by Crippen LogP contribution is 2.45. The molecule has 4 heteroatoms. The fourth-order valence-corrected chi connectivity index (χ4v) is 4.95. The van der Waals surface area contributed by atoms with Gasteiger partial charge in [-0.25, -0.2) is 9.07 Å². The van der Waals surface area contributed by atoms with Crippen LogP contribution in [0, 0.1) is 11.7 Å². The number of ether oxygens (including phenoxy) is 1. The summed E-state index contributed by atoms with van der Waals surface area (Å²) < 4.78 is 21.7. The van der Waals surface area contributed by atoms with Crippen molar-refractivity contribution < 1.29 is 9.13 Å². The Morgan fingerprint density at radius 1 is 1.10 bits per heavy atom. The second kappa shape index (κ2) is 8.49. The standard InChI is InChI=1S/C27H31FN2O/c1-3-24(19-9-10-19)21-6-4-5-18(15-21)7-8-22-17-29-30(27(22)20-11-12-20)26-16-23(31-2)13-14-25(26)28/h4-6,13-17,19-20,24H,3,7-12H2,1-2H3. The van der Waals surface area contributed by atoms with Gasteiger partial charge in [0.2, 0.25) is 0 Å². The van der Waals surface area contributed by atoms with E-state index in [9.17, 15) is 4.39 Å². The summed E-state index contributed by atoms with van der Waals surface area (Å²) in [6.45, 7) is 2.31. The molecule has 1 aromatic heterocycles. The molecule has 0 aliphatic heterocycles. The molecule has 3 aromatic rings. The van der Waals surface area contributed by atoms with E-state index in [2.05, 4.69) is 36.3 Å². The normalized spacial score (nSPS) is 17.0. The average molecular weight is 419 g/mol. The number of aryl methyl sites for hydroxylation is 2. The van der Waals surface area contributed by atoms with Crippen molar-refractivity contribution in [3.8, 4) is 11.4 Å². The number of benzene rings is 2. The van der Waals surface area contributed by atoms with Crippen molar-refractivity contribution in [3.05, 3.63) is 76.9 Å². The third-order valence-electron chi connectivity index (χ3n) is 6.92. The molecule has 2 fully saturated rings. The Morgan fingerprint density at radius 3 is 2.65 bits per heavy atom. The Morgan fingerprint density at radius 2 is 1.94 bits per heavy atom. The van der Waals surface area contributed by atoms with Gasteiger partial charge in [0.1, 0.15) is 17.3 Å². The van der Waals surface area contributed by atoms with E-state index in [-0.39, 0.29) is 5.82 Å². The third-order valence-corrected chi connectivity index (χ3v) is 6.92. The van der Waals surface area contributed by atoms with Crippen LogP contribution in [0.5, 0.6) is 5.75 Å². The first-order chi connectivity index (χ1) is 15.2. The van der Waals surface area contributed by atoms with Crippen LogP contribution in [-0.4, -0.2) is 16.9 Å². The van der Waals surface area contributed by atoms with E-state index < -0.39 is 0 Å². The zero-order valence-corrected chi connectivity index (χ0v) is 18.5. The molecular formula is C27H31FN2O. The zero-order valence-electron chi connectivity index (χ0n) is 18.5. The van der Waals surface area contributed by atoms with Gasteiger partial charge in [0.25, 0.3) is 0 Å². The Balaban J connectivity index is 1.39. The van der Waals surface area contributed by atoms with E-state index in [0.29, 0.717) is 23.3 Å². The van der Waals surface area contributed by atoms with Crippen molar-refractivity contribution >= 4 is 0 Å². The van der Waals surface area contributed by atoms with Crippen LogP contribution in [0.3, 0.4) is 0 Å². The molecule has 2 aromatic carbocycles. The van der Waals surface area contributed by atoms with Gasteiger partial charge in [-0.05, 0) is 85.6 Å². The molecule has 3 nitrogen and oxygen atoms in total. The van der Waals surface area contributed by atoms with Crippen molar-refractivity contribution in [3.63, 3.8) is 0 Å². The van der Waals surface area contributed by atoms with Crippen LogP contribution < -0.4 is 4.74 Å². The second-order valence-electron chi connectivity index (χ2n) is 9.16. The van der Waals surface area contributed by atoms with Gasteiger partial charge < -0.3 is 4.74 Å². The molecule has 5 rings (SSSR count). The summed E-state index contributed by atoms with van der Waals surface area (Å²) in [5.41, 5.74) is 5.78. The largest absolute Gasteiger partial charge is 0.497 e. The van der Waals surface area contributed by atoms with E-state index >= 15 is 0 Å². The Labute approximate surface area is 184 Å². The molecule has 0 amide bonds. The van der Waals surface area contributed by atoms with Gasteiger partial charge in [-0.2, -0.15) is 5.10 Å². The maximum atomic E-state index is 14.6. The van der Waals surface area contributed by atoms with Gasteiger partial charge in [-0.3, -0.25) is 0 Å². The number of hydrogen-bond donors (Lipinski definition) is 0. The van der Waals surface area contributed by atoms with Crippen LogP contribution >= 0.6 is 0 Å². The Bertz CT molecular complexity index is 1060. The van der Waals surface area contributed by atoms with Crippen molar-refractivity contribution in [2.24, 2.45) is 5.92 Å². The molecule has 162 valence electrons. The molecule has 1 atom stereocenters. The van der Waals surface area contributed by atoms with Crippen LogP contribution in [0.4, 0.5) is 4.39 Å². The number of nitrogens with zero attached hydrogens (tertiary/aromatic N) is 2. The van der Waals surface area contributed by atoms with E-state index in [1.54, 1.807) is 19.2 Å². The summed E-state index contributed by atoms with van der Waals surface area (Å²) in [6, 6.07) is 14.0. The van der Waals surface area contributed by atoms with Gasteiger partial charge in [0.05, 0.1) is 19.0 Å². The van der Waals surface area contributed by atoms with E-state index in [0.717, 1.165) is 31.6 Å². The van der Waals surface area contributed by atoms with E-state index in [1.807, 2.05) is 10.9 Å². The smallest absolute Gasteiger partial charge is 0.149 e. The summed E-state index contributed by atoms with van der Waals surface area (Å²) in [5, 5.41) is 4.61. The molecule has 1 heterocycles. The fraction of sp³-hybridized carbons (Fsp3) is 0.444. The second-order valence-corrected chi connectivity index (χ2v) is 9.16. The summed E-state index contributed by atoms with van der Waals surface area (Å²) in [7, 11) is 1.60. The minimum atomic E-state index is -0.268. The first-order valence-corrected chi connectivity index (χ1v) is 11.7. The monoisotopic (exact) mass is 418 g/mol. The predicted molar refractivity (Wildman–Crippen MR) is 122 cm³/mol. The van der Waals surface area contributed by atoms with Crippen molar-refractivity contribution in [2.75, 3.05) is 7.11 Å². The quantitative estimate of drug-likeness (QED) is 0.392. The summed E-state index contributed by atoms with van der Waals surface area (Å²) in [5.74, 6) is 2.45. The lowest BCUT2D eigenvalue weighted by molar-refractivity contribution is 0.413. The van der Waals surface area contributed by atoms with E-state index in [1.165, 1.54) is 47.7 Å². The van der Waals surface area contributed by atoms with Crippen LogP contribution in [0.15, 0.2) is 48.7 Å². The fourth-order valence-electron chi connectivity index (χ4n) is 4.95. The summed E-state index contributed by atoms with van der Waals surface area (Å²) in [6.07, 6.45) is 10.1. The highest BCUT2D eigenvalue weighted by molar-refractivity contribution is 5.44. The van der Waals surface area contributed by atoms with Crippen molar-refractivity contribution in [1.82, 2.24) is 9.78 Å². The third kappa shape index (κ3) is 4.26. The number of hydrogen-bond acceptors (Lipinski definition) is 2. The number of halogens is 1. The summed E-state index contributed by atoms with van der Waals surface area (Å²) in [4.78, 5) is 0. The molecule has 0 N–H and O–H groups in total. The van der Waals surface area contributed by atoms with Crippen molar-refractivity contribution in [1.29, 1.82) is 0 Å². The molecule has 0 saturated heterocycles. The molecular weight excluding hydrogens is 387 g/mol. The maximum absolute atomic E-state index is 14.6. The van der Waals surface area contributed by atoms with Gasteiger partial charge in [0, 0.05) is 12.0 Å². The van der Waals surface area contributed by atoms with Gasteiger partial charge in [-0.15, -0.1) is 0 Å². The van der Waals surface area contributed by atoms with Crippen LogP contribution in [-0.2, 0) is 12.8 Å². The van der Waals surface area contributed by atoms with Crippen LogP contribution in [0.25, 0.3) is 5.69 Å². The topological polar surface area (TPSA) is 27.1 Å². The molecule has 2 aliphatic carbocycles. The zero-order chi connectivity index (χ0) is 21.4. The SMILES string of the molecule is CCC(c1cccc(CCc2cnn(-c3cc(OC)ccc3F)c2C2CC2)c1)C1CC1. The lowest BCUT2D eigenvalue weighted by Crippen LogP contribution is -2.06. The first kappa shape index (κ1) is 20.3. The minimum Gasteiger partial charge on any atom is -0.497 e. The highest BCUT2D eigenvalue weighted by Gasteiger charge is 2.32. The lowest BCUT2D eigenvalue weighted by atomic mass is 9.90. The highest BCUT2D eigenvalue weighted by atomic mass is 19.1. The molecule has 0 spiro atoms. The lowest BCUT2D eigenvalue weighted by Gasteiger charge is -2.15. The number of methoxy groups -OCH3 is 1.